The Balaban J connectivity index is 2.25. The summed E-state index contributed by atoms with van der Waals surface area (Å²) in [5, 5.41) is 21.3. The zero-order valence-corrected chi connectivity index (χ0v) is 18.2. The van der Waals surface area contributed by atoms with Gasteiger partial charge in [0.05, 0.1) is 6.42 Å². The summed E-state index contributed by atoms with van der Waals surface area (Å²) in [6, 6.07) is 13.8. The normalized spacial score (nSPS) is 11.7. The van der Waals surface area contributed by atoms with Gasteiger partial charge in [-0.05, 0) is 29.5 Å². The Morgan fingerprint density at radius 2 is 1.71 bits per heavy atom. The summed E-state index contributed by atoms with van der Waals surface area (Å²) in [5.41, 5.74) is 3.69. The Morgan fingerprint density at radius 1 is 1.03 bits per heavy atom. The van der Waals surface area contributed by atoms with E-state index in [1.165, 1.54) is 4.90 Å². The maximum atomic E-state index is 12.8. The van der Waals surface area contributed by atoms with Gasteiger partial charge in [0, 0.05) is 19.5 Å². The van der Waals surface area contributed by atoms with Crippen LogP contribution in [0.1, 0.15) is 31.4 Å². The highest BCUT2D eigenvalue weighted by Gasteiger charge is 2.25. The highest BCUT2D eigenvalue weighted by molar-refractivity contribution is 5.83. The van der Waals surface area contributed by atoms with Gasteiger partial charge in [0.1, 0.15) is 6.04 Å². The number of hydrogen-bond donors (Lipinski definition) is 3. The molecule has 0 radical (unpaired) electrons. The second-order valence-electron chi connectivity index (χ2n) is 8.05. The molecule has 0 aromatic heterocycles. The van der Waals surface area contributed by atoms with E-state index in [-0.39, 0.29) is 25.3 Å². The van der Waals surface area contributed by atoms with Crippen molar-refractivity contribution >= 4 is 18.0 Å². The van der Waals surface area contributed by atoms with E-state index < -0.39 is 24.0 Å². The molecule has 1 atom stereocenters. The molecule has 7 nitrogen and oxygen atoms in total. The second-order valence-corrected chi connectivity index (χ2v) is 8.05. The van der Waals surface area contributed by atoms with Crippen molar-refractivity contribution in [2.75, 3.05) is 13.1 Å². The first-order valence-electron chi connectivity index (χ1n) is 10.3. The van der Waals surface area contributed by atoms with Crippen molar-refractivity contribution in [1.82, 2.24) is 10.2 Å². The third-order valence-electron chi connectivity index (χ3n) is 4.83. The molecule has 0 saturated heterocycles. The minimum absolute atomic E-state index is 0.0192. The van der Waals surface area contributed by atoms with Gasteiger partial charge in [-0.1, -0.05) is 67.9 Å². The molecule has 0 saturated carbocycles. The van der Waals surface area contributed by atoms with E-state index >= 15 is 0 Å². The largest absolute Gasteiger partial charge is 0.481 e. The molecular weight excluding hydrogens is 396 g/mol. The van der Waals surface area contributed by atoms with E-state index in [9.17, 15) is 19.5 Å². The van der Waals surface area contributed by atoms with Crippen molar-refractivity contribution in [2.45, 2.75) is 39.7 Å². The lowest BCUT2D eigenvalue weighted by molar-refractivity contribution is -0.139. The Hall–Kier alpha value is -3.35. The van der Waals surface area contributed by atoms with Gasteiger partial charge < -0.3 is 20.4 Å². The van der Waals surface area contributed by atoms with Gasteiger partial charge in [-0.2, -0.15) is 0 Å². The number of carbonyl (C=O) groups is 3. The molecule has 2 amide bonds. The number of hydrogen-bond acceptors (Lipinski definition) is 3. The summed E-state index contributed by atoms with van der Waals surface area (Å²) in [6.45, 7) is 6.11. The lowest BCUT2D eigenvalue weighted by Gasteiger charge is -2.26. The monoisotopic (exact) mass is 426 g/mol. The van der Waals surface area contributed by atoms with Crippen LogP contribution in [0.5, 0.6) is 0 Å². The van der Waals surface area contributed by atoms with E-state index in [0.717, 1.165) is 22.3 Å². The maximum absolute atomic E-state index is 12.8. The third-order valence-corrected chi connectivity index (χ3v) is 4.83. The van der Waals surface area contributed by atoms with Crippen molar-refractivity contribution in [3.8, 4) is 11.1 Å². The number of nitrogens with one attached hydrogen (secondary N) is 1. The van der Waals surface area contributed by atoms with Crippen molar-refractivity contribution in [2.24, 2.45) is 5.92 Å². The van der Waals surface area contributed by atoms with Gasteiger partial charge in [0.25, 0.3) is 0 Å². The Labute approximate surface area is 182 Å². The highest BCUT2D eigenvalue weighted by atomic mass is 16.4. The SMILES string of the molecule is Cc1ccc(-c2ccccc2)c(C[C@H](NC(=O)N(CCC(=O)O)CC(C)C)C(=O)O)c1. The Morgan fingerprint density at radius 3 is 2.29 bits per heavy atom. The molecule has 0 bridgehead atoms. The van der Waals surface area contributed by atoms with E-state index in [1.807, 2.05) is 69.3 Å². The zero-order chi connectivity index (χ0) is 23.0. The van der Waals surface area contributed by atoms with Crippen LogP contribution < -0.4 is 5.32 Å². The van der Waals surface area contributed by atoms with Crippen LogP contribution >= 0.6 is 0 Å². The van der Waals surface area contributed by atoms with Crippen LogP contribution in [0.15, 0.2) is 48.5 Å². The zero-order valence-electron chi connectivity index (χ0n) is 18.2. The lowest BCUT2D eigenvalue weighted by atomic mass is 9.93. The Bertz CT molecular complexity index is 911. The molecular formula is C24H30N2O5. The van der Waals surface area contributed by atoms with Crippen molar-refractivity contribution < 1.29 is 24.6 Å². The number of carbonyl (C=O) groups excluding carboxylic acids is 1. The smallest absolute Gasteiger partial charge is 0.326 e. The third kappa shape index (κ3) is 7.44. The number of carboxylic acid groups (broad SMARTS) is 2. The van der Waals surface area contributed by atoms with Crippen LogP contribution in [0, 0.1) is 12.8 Å². The predicted octanol–water partition coefficient (Wildman–Crippen LogP) is 3.80. The summed E-state index contributed by atoms with van der Waals surface area (Å²) in [7, 11) is 0. The first kappa shape index (κ1) is 23.9. The number of rotatable bonds is 10. The van der Waals surface area contributed by atoms with Crippen LogP contribution in [-0.4, -0.2) is 52.2 Å². The van der Waals surface area contributed by atoms with Gasteiger partial charge in [0.15, 0.2) is 0 Å². The molecule has 31 heavy (non-hydrogen) atoms. The van der Waals surface area contributed by atoms with Gasteiger partial charge in [-0.15, -0.1) is 0 Å². The van der Waals surface area contributed by atoms with Crippen LogP contribution in [0.3, 0.4) is 0 Å². The standard InChI is InChI=1S/C24H30N2O5/c1-16(2)15-26(12-11-22(27)28)24(31)25-21(23(29)30)14-19-13-17(3)9-10-20(19)18-7-5-4-6-8-18/h4-10,13,16,21H,11-12,14-15H2,1-3H3,(H,25,31)(H,27,28)(H,29,30)/t21-/m0/s1. The fourth-order valence-corrected chi connectivity index (χ4v) is 3.40. The van der Waals surface area contributed by atoms with Gasteiger partial charge in [0.2, 0.25) is 0 Å². The fourth-order valence-electron chi connectivity index (χ4n) is 3.40. The summed E-state index contributed by atoms with van der Waals surface area (Å²) in [6.07, 6.45) is -0.0880. The molecule has 0 spiro atoms. The highest BCUT2D eigenvalue weighted by Crippen LogP contribution is 2.26. The molecule has 2 rings (SSSR count). The maximum Gasteiger partial charge on any atom is 0.326 e. The number of aliphatic carboxylic acids is 2. The fraction of sp³-hybridized carbons (Fsp3) is 0.375. The van der Waals surface area contributed by atoms with E-state index in [4.69, 9.17) is 5.11 Å². The van der Waals surface area contributed by atoms with Crippen molar-refractivity contribution in [3.05, 3.63) is 59.7 Å². The molecule has 0 unspecified atom stereocenters. The first-order chi connectivity index (χ1) is 14.7. The topological polar surface area (TPSA) is 107 Å². The molecule has 2 aromatic carbocycles. The molecule has 2 aromatic rings. The molecule has 0 fully saturated rings. The predicted molar refractivity (Wildman–Crippen MR) is 119 cm³/mol. The molecule has 166 valence electrons. The molecule has 0 aliphatic rings. The number of benzene rings is 2. The van der Waals surface area contributed by atoms with Gasteiger partial charge in [-0.3, -0.25) is 4.79 Å². The summed E-state index contributed by atoms with van der Waals surface area (Å²) in [4.78, 5) is 37.0. The van der Waals surface area contributed by atoms with Crippen LogP contribution in [0.2, 0.25) is 0 Å². The molecule has 3 N–H and O–H groups in total. The van der Waals surface area contributed by atoms with Gasteiger partial charge >= 0.3 is 18.0 Å². The first-order valence-corrected chi connectivity index (χ1v) is 10.3. The van der Waals surface area contributed by atoms with Crippen LogP contribution in [-0.2, 0) is 16.0 Å². The molecule has 7 heteroatoms. The van der Waals surface area contributed by atoms with E-state index in [1.54, 1.807) is 0 Å². The quantitative estimate of drug-likeness (QED) is 0.536. The van der Waals surface area contributed by atoms with Crippen molar-refractivity contribution in [1.29, 1.82) is 0 Å². The van der Waals surface area contributed by atoms with E-state index in [2.05, 4.69) is 5.32 Å². The summed E-state index contributed by atoms with van der Waals surface area (Å²) in [5.74, 6) is -2.04. The average molecular weight is 427 g/mol. The summed E-state index contributed by atoms with van der Waals surface area (Å²) >= 11 is 0. The number of nitrogens with zero attached hydrogens (tertiary/aromatic N) is 1. The minimum Gasteiger partial charge on any atom is -0.481 e. The second kappa shape index (κ2) is 11.2. The van der Waals surface area contributed by atoms with Crippen molar-refractivity contribution in [3.63, 3.8) is 0 Å². The Kier molecular flexibility index (Phi) is 8.61. The molecule has 0 aliphatic heterocycles. The summed E-state index contributed by atoms with van der Waals surface area (Å²) < 4.78 is 0. The average Bonchev–Trinajstić information content (AvgIpc) is 2.70. The van der Waals surface area contributed by atoms with E-state index in [0.29, 0.717) is 6.54 Å². The minimum atomic E-state index is -1.14. The van der Waals surface area contributed by atoms with Crippen LogP contribution in [0.4, 0.5) is 4.79 Å². The number of amides is 2. The number of aryl methyl sites for hydroxylation is 1. The molecule has 0 aliphatic carbocycles. The number of urea groups is 1. The lowest BCUT2D eigenvalue weighted by Crippen LogP contribution is -2.50. The van der Waals surface area contributed by atoms with Crippen LogP contribution in [0.25, 0.3) is 11.1 Å². The van der Waals surface area contributed by atoms with Gasteiger partial charge in [-0.25, -0.2) is 9.59 Å². The molecule has 0 heterocycles. The number of carboxylic acids is 2.